The van der Waals surface area contributed by atoms with Gasteiger partial charge >= 0.3 is 5.97 Å². The summed E-state index contributed by atoms with van der Waals surface area (Å²) >= 11 is 0. The summed E-state index contributed by atoms with van der Waals surface area (Å²) in [7, 11) is 0. The highest BCUT2D eigenvalue weighted by atomic mass is 16.6. The van der Waals surface area contributed by atoms with Gasteiger partial charge in [0.25, 0.3) is 0 Å². The molecule has 0 saturated heterocycles. The number of fused-ring (bicyclic) bond motifs is 1. The Hall–Kier alpha value is -4.06. The number of hydrogen-bond acceptors (Lipinski definition) is 4. The van der Waals surface area contributed by atoms with Crippen LogP contribution in [0.15, 0.2) is 90.2 Å². The van der Waals surface area contributed by atoms with Gasteiger partial charge in [-0.3, -0.25) is 4.79 Å². The van der Waals surface area contributed by atoms with Crippen molar-refractivity contribution in [1.82, 2.24) is 4.57 Å². The van der Waals surface area contributed by atoms with Crippen LogP contribution >= 0.6 is 0 Å². The molecule has 6 heteroatoms. The first-order chi connectivity index (χ1) is 16.1. The number of hydrogen-bond donors (Lipinski definition) is 1. The Morgan fingerprint density at radius 1 is 0.970 bits per heavy atom. The molecular formula is C27H26N2O4. The van der Waals surface area contributed by atoms with Crippen LogP contribution < -0.4 is 4.74 Å². The topological polar surface area (TPSA) is 73.1 Å². The van der Waals surface area contributed by atoms with Crippen molar-refractivity contribution in [3.8, 4) is 11.5 Å². The lowest BCUT2D eigenvalue weighted by atomic mass is 10.1. The van der Waals surface area contributed by atoms with Crippen LogP contribution in [0.3, 0.4) is 0 Å². The van der Waals surface area contributed by atoms with E-state index >= 15 is 0 Å². The maximum Gasteiger partial charge on any atom is 0.307 e. The number of carboxylic acid groups (broad SMARTS) is 1. The summed E-state index contributed by atoms with van der Waals surface area (Å²) in [4.78, 5) is 16.9. The predicted octanol–water partition coefficient (Wildman–Crippen LogP) is 5.89. The molecule has 0 aliphatic carbocycles. The van der Waals surface area contributed by atoms with Crippen LogP contribution in [0.2, 0.25) is 0 Å². The molecule has 4 aromatic rings. The Morgan fingerprint density at radius 3 is 2.52 bits per heavy atom. The fourth-order valence-corrected chi connectivity index (χ4v) is 3.67. The van der Waals surface area contributed by atoms with Crippen molar-refractivity contribution in [3.63, 3.8) is 0 Å². The largest absolute Gasteiger partial charge is 0.481 e. The van der Waals surface area contributed by atoms with Gasteiger partial charge in [-0.2, -0.15) is 0 Å². The van der Waals surface area contributed by atoms with Crippen LogP contribution in [-0.2, 0) is 22.6 Å². The normalized spacial score (nSPS) is 11.5. The van der Waals surface area contributed by atoms with E-state index in [0.717, 1.165) is 39.9 Å². The molecule has 1 heterocycles. The molecule has 0 fully saturated rings. The number of para-hydroxylation sites is 2. The Labute approximate surface area is 192 Å². The van der Waals surface area contributed by atoms with Gasteiger partial charge in [0, 0.05) is 22.7 Å². The Bertz CT molecular complexity index is 1260. The first-order valence-electron chi connectivity index (χ1n) is 10.9. The van der Waals surface area contributed by atoms with Gasteiger partial charge in [0.2, 0.25) is 0 Å². The van der Waals surface area contributed by atoms with Crippen molar-refractivity contribution < 1.29 is 19.5 Å². The summed E-state index contributed by atoms with van der Waals surface area (Å²) in [5, 5.41) is 14.7. The maximum atomic E-state index is 11.4. The van der Waals surface area contributed by atoms with Crippen LogP contribution in [0.25, 0.3) is 10.9 Å². The van der Waals surface area contributed by atoms with Crippen LogP contribution in [0, 0.1) is 0 Å². The molecule has 0 spiro atoms. The first kappa shape index (κ1) is 22.1. The van der Waals surface area contributed by atoms with Crippen LogP contribution in [0.5, 0.6) is 11.5 Å². The zero-order valence-electron chi connectivity index (χ0n) is 18.5. The molecule has 4 rings (SSSR count). The number of aliphatic carboxylic acids is 1. The number of benzene rings is 3. The van der Waals surface area contributed by atoms with Crippen molar-refractivity contribution in [2.45, 2.75) is 26.3 Å². The number of nitrogens with zero attached hydrogens (tertiary/aromatic N) is 2. The van der Waals surface area contributed by atoms with Crippen molar-refractivity contribution >= 4 is 22.6 Å². The Morgan fingerprint density at radius 2 is 1.73 bits per heavy atom. The average Bonchev–Trinajstić information content (AvgIpc) is 3.16. The number of ether oxygens (including phenoxy) is 1. The molecule has 6 nitrogen and oxygen atoms in total. The second kappa shape index (κ2) is 10.5. The summed E-state index contributed by atoms with van der Waals surface area (Å²) < 4.78 is 8.02. The van der Waals surface area contributed by atoms with Gasteiger partial charge in [0.1, 0.15) is 23.8 Å². The van der Waals surface area contributed by atoms with E-state index in [1.54, 1.807) is 0 Å². The molecule has 0 aliphatic rings. The third-order valence-corrected chi connectivity index (χ3v) is 5.15. The van der Waals surface area contributed by atoms with Gasteiger partial charge < -0.3 is 19.2 Å². The minimum atomic E-state index is -0.858. The molecule has 0 saturated carbocycles. The van der Waals surface area contributed by atoms with Crippen LogP contribution in [0.1, 0.15) is 24.5 Å². The van der Waals surface area contributed by atoms with E-state index in [2.05, 4.69) is 5.16 Å². The number of oxime groups is 1. The lowest BCUT2D eigenvalue weighted by Crippen LogP contribution is -2.12. The van der Waals surface area contributed by atoms with Crippen molar-refractivity contribution in [3.05, 3.63) is 96.2 Å². The SMILES string of the molecule is CCCON=C(Cn1cc(CC(=O)O)c2ccccc21)c1cccc(Oc2ccccc2)c1. The highest BCUT2D eigenvalue weighted by Crippen LogP contribution is 2.25. The zero-order chi connectivity index (χ0) is 23.0. The fourth-order valence-electron chi connectivity index (χ4n) is 3.67. The Kier molecular flexibility index (Phi) is 7.05. The van der Waals surface area contributed by atoms with E-state index in [4.69, 9.17) is 9.57 Å². The van der Waals surface area contributed by atoms with E-state index in [9.17, 15) is 9.90 Å². The quantitative estimate of drug-likeness (QED) is 0.189. The van der Waals surface area contributed by atoms with Crippen molar-refractivity contribution in [2.24, 2.45) is 5.16 Å². The molecule has 0 unspecified atom stereocenters. The molecule has 0 amide bonds. The molecule has 168 valence electrons. The second-order valence-electron chi connectivity index (χ2n) is 7.68. The summed E-state index contributed by atoms with van der Waals surface area (Å²) in [5.41, 5.74) is 3.32. The summed E-state index contributed by atoms with van der Waals surface area (Å²) in [6.07, 6.45) is 2.70. The van der Waals surface area contributed by atoms with Gasteiger partial charge in [0.15, 0.2) is 0 Å². The molecule has 33 heavy (non-hydrogen) atoms. The molecule has 0 atom stereocenters. The smallest absolute Gasteiger partial charge is 0.307 e. The van der Waals surface area contributed by atoms with E-state index in [0.29, 0.717) is 18.9 Å². The summed E-state index contributed by atoms with van der Waals surface area (Å²) in [6.45, 7) is 2.97. The molecular weight excluding hydrogens is 416 g/mol. The van der Waals surface area contributed by atoms with Crippen LogP contribution in [-0.4, -0.2) is 28.0 Å². The molecule has 0 bridgehead atoms. The van der Waals surface area contributed by atoms with E-state index in [-0.39, 0.29) is 6.42 Å². The van der Waals surface area contributed by atoms with Crippen LogP contribution in [0.4, 0.5) is 0 Å². The number of aromatic nitrogens is 1. The molecule has 3 aromatic carbocycles. The third-order valence-electron chi connectivity index (χ3n) is 5.15. The number of carboxylic acids is 1. The van der Waals surface area contributed by atoms with Gasteiger partial charge in [-0.15, -0.1) is 0 Å². The van der Waals surface area contributed by atoms with Gasteiger partial charge in [-0.25, -0.2) is 0 Å². The van der Waals surface area contributed by atoms with Gasteiger partial charge in [0.05, 0.1) is 13.0 Å². The monoisotopic (exact) mass is 442 g/mol. The lowest BCUT2D eigenvalue weighted by Gasteiger charge is -2.12. The Balaban J connectivity index is 1.67. The van der Waals surface area contributed by atoms with Crippen molar-refractivity contribution in [2.75, 3.05) is 6.61 Å². The number of rotatable bonds is 10. The molecule has 0 aliphatic heterocycles. The number of carbonyl (C=O) groups is 1. The molecule has 0 radical (unpaired) electrons. The zero-order valence-corrected chi connectivity index (χ0v) is 18.5. The molecule has 1 aromatic heterocycles. The van der Waals surface area contributed by atoms with E-state index < -0.39 is 5.97 Å². The minimum Gasteiger partial charge on any atom is -0.481 e. The highest BCUT2D eigenvalue weighted by Gasteiger charge is 2.14. The van der Waals surface area contributed by atoms with E-state index in [1.165, 1.54) is 0 Å². The average molecular weight is 443 g/mol. The van der Waals surface area contributed by atoms with Gasteiger partial charge in [-0.1, -0.05) is 60.6 Å². The van der Waals surface area contributed by atoms with E-state index in [1.807, 2.05) is 96.6 Å². The molecule has 1 N–H and O–H groups in total. The second-order valence-corrected chi connectivity index (χ2v) is 7.68. The minimum absolute atomic E-state index is 0.0350. The first-order valence-corrected chi connectivity index (χ1v) is 10.9. The third kappa shape index (κ3) is 5.60. The van der Waals surface area contributed by atoms with Gasteiger partial charge in [-0.05, 0) is 42.3 Å². The standard InChI is InChI=1S/C27H26N2O4/c1-2-15-32-28-25(20-9-8-12-23(16-20)33-22-10-4-3-5-11-22)19-29-18-21(17-27(30)31)24-13-6-7-14-26(24)29/h3-14,16,18H,2,15,17,19H2,1H3,(H,30,31). The summed E-state index contributed by atoms with van der Waals surface area (Å²) in [6, 6.07) is 25.1. The predicted molar refractivity (Wildman–Crippen MR) is 129 cm³/mol. The lowest BCUT2D eigenvalue weighted by molar-refractivity contribution is -0.136. The van der Waals surface area contributed by atoms with Crippen molar-refractivity contribution in [1.29, 1.82) is 0 Å². The highest BCUT2D eigenvalue weighted by molar-refractivity contribution is 6.01. The maximum absolute atomic E-state index is 11.4. The summed E-state index contributed by atoms with van der Waals surface area (Å²) in [5.74, 6) is 0.597. The fraction of sp³-hybridized carbons (Fsp3) is 0.185.